The molecule has 0 spiro atoms. The highest BCUT2D eigenvalue weighted by atomic mass is 28.9. The van der Waals surface area contributed by atoms with Crippen LogP contribution in [0.4, 0.5) is 0 Å². The molecular formula is C48H78B2Si2. The SMILES string of the molecule is CC(C)c1cc(C(C)C)c(/[Si](B2C3CCCCC2CCC3)=[Si](\B2C3CCCCC2CCC3)c2c(C(C)C)cc(C(C)C)cc2C(C)C)c(C(C)C)c1. The van der Waals surface area contributed by atoms with Crippen LogP contribution in [0.3, 0.4) is 0 Å². The molecule has 0 aliphatic carbocycles. The molecule has 2 aromatic rings. The van der Waals surface area contributed by atoms with E-state index in [1.807, 2.05) is 10.4 Å². The highest BCUT2D eigenvalue weighted by Gasteiger charge is 2.49. The Hall–Kier alpha value is -0.996. The third-order valence-electron chi connectivity index (χ3n) is 14.9. The second kappa shape index (κ2) is 17.4. The summed E-state index contributed by atoms with van der Waals surface area (Å²) in [6.07, 6.45) is 23.0. The molecule has 0 nitrogen and oxygen atoms in total. The van der Waals surface area contributed by atoms with Gasteiger partial charge in [0.25, 0.3) is 0 Å². The van der Waals surface area contributed by atoms with Gasteiger partial charge in [-0.15, -0.1) is 0 Å². The van der Waals surface area contributed by atoms with Crippen LogP contribution < -0.4 is 10.4 Å². The number of rotatable bonds is 10. The van der Waals surface area contributed by atoms with E-state index in [1.54, 1.807) is 33.4 Å². The van der Waals surface area contributed by atoms with Gasteiger partial charge in [0.15, 0.2) is 12.6 Å². The summed E-state index contributed by atoms with van der Waals surface area (Å²) in [5.74, 6) is 7.25. The lowest BCUT2D eigenvalue weighted by atomic mass is 9.46. The van der Waals surface area contributed by atoms with Crippen LogP contribution in [0, 0.1) is 0 Å². The molecule has 284 valence electrons. The summed E-state index contributed by atoms with van der Waals surface area (Å²) >= 11 is 0. The van der Waals surface area contributed by atoms with Gasteiger partial charge in [-0.3, -0.25) is 0 Å². The lowest BCUT2D eigenvalue weighted by molar-refractivity contribution is 0.564. The van der Waals surface area contributed by atoms with Gasteiger partial charge in [0.1, 0.15) is 0 Å². The Morgan fingerprint density at radius 2 is 0.596 bits per heavy atom. The molecule has 4 heteroatoms. The monoisotopic (exact) mass is 733 g/mol. The van der Waals surface area contributed by atoms with Gasteiger partial charge >= 0.3 is 0 Å². The maximum atomic E-state index is 2.79. The van der Waals surface area contributed by atoms with Crippen LogP contribution in [-0.2, 0) is 0 Å². The largest absolute Gasteiger partial charge is 0.159 e. The van der Waals surface area contributed by atoms with Crippen LogP contribution in [0.15, 0.2) is 24.3 Å². The van der Waals surface area contributed by atoms with E-state index in [2.05, 4.69) is 107 Å². The third kappa shape index (κ3) is 8.25. The molecule has 0 radical (unpaired) electrons. The highest BCUT2D eigenvalue weighted by molar-refractivity contribution is 7.54. The van der Waals surface area contributed by atoms with Crippen molar-refractivity contribution in [2.24, 2.45) is 0 Å². The van der Waals surface area contributed by atoms with E-state index in [4.69, 9.17) is 0 Å². The summed E-state index contributed by atoms with van der Waals surface area (Å²) in [6.45, 7) is 30.4. The topological polar surface area (TPSA) is 0 Å². The Morgan fingerprint density at radius 3 is 0.808 bits per heavy atom. The van der Waals surface area contributed by atoms with Crippen LogP contribution >= 0.6 is 0 Å². The van der Waals surface area contributed by atoms with E-state index in [-0.39, 0.29) is 0 Å². The minimum atomic E-state index is -0.982. The average molecular weight is 733 g/mol. The van der Waals surface area contributed by atoms with Gasteiger partial charge in [-0.05, 0) is 94.8 Å². The molecule has 4 bridgehead atoms. The molecule has 6 rings (SSSR count). The molecule has 4 fully saturated rings. The van der Waals surface area contributed by atoms with Crippen molar-refractivity contribution in [1.82, 2.24) is 0 Å². The standard InChI is InChI=1S/C48H78B2Si2/c1-31(2)37-27-43(33(5)6)47(44(28-37)34(7)8)51(49-39-19-13-14-20-40(49)24-17-23-39)52(50-41-21-15-16-22-42(50)26-18-25-41)48-45(35(9)10)29-38(32(3)4)30-46(48)36(11)12/h27-36,39-42H,13-26H2,1-12H3/b52-51+. The first-order valence-corrected chi connectivity index (χ1v) is 27.1. The molecule has 2 aromatic carbocycles. The van der Waals surface area contributed by atoms with Crippen molar-refractivity contribution < 1.29 is 0 Å². The summed E-state index contributed by atoms with van der Waals surface area (Å²) in [7, 11) is -1.96. The van der Waals surface area contributed by atoms with E-state index >= 15 is 0 Å². The fourth-order valence-electron chi connectivity index (χ4n) is 12.1. The summed E-state index contributed by atoms with van der Waals surface area (Å²) in [4.78, 5) is 0. The molecule has 0 aromatic heterocycles. The van der Waals surface area contributed by atoms with Gasteiger partial charge in [-0.1, -0.05) is 221 Å². The predicted molar refractivity (Wildman–Crippen MR) is 239 cm³/mol. The molecule has 4 saturated heterocycles. The Labute approximate surface area is 326 Å². The second-order valence-corrected chi connectivity index (χ2v) is 27.6. The minimum Gasteiger partial charge on any atom is -0.0613 e. The van der Waals surface area contributed by atoms with Crippen molar-refractivity contribution in [2.75, 3.05) is 0 Å². The van der Waals surface area contributed by atoms with E-state index < -0.39 is 15.5 Å². The summed E-state index contributed by atoms with van der Waals surface area (Å²) < 4.78 is 0. The maximum absolute atomic E-state index is 2.79. The zero-order valence-corrected chi connectivity index (χ0v) is 38.1. The zero-order valence-electron chi connectivity index (χ0n) is 36.1. The van der Waals surface area contributed by atoms with Crippen molar-refractivity contribution in [3.05, 3.63) is 57.6 Å². The van der Waals surface area contributed by atoms with Gasteiger partial charge in [0.05, 0.1) is 0 Å². The number of benzene rings is 2. The average Bonchev–Trinajstić information content (AvgIpc) is 3.28. The Bertz CT molecular complexity index is 1360. The van der Waals surface area contributed by atoms with Crippen molar-refractivity contribution in [3.8, 4) is 0 Å². The summed E-state index contributed by atoms with van der Waals surface area (Å²) in [5, 5.41) is 4.02. The van der Waals surface area contributed by atoms with Gasteiger partial charge in [0.2, 0.25) is 0 Å². The maximum Gasteiger partial charge on any atom is 0.159 e. The molecule has 4 atom stereocenters. The van der Waals surface area contributed by atoms with Crippen LogP contribution in [0.1, 0.15) is 242 Å². The van der Waals surface area contributed by atoms with Crippen molar-refractivity contribution in [1.29, 1.82) is 0 Å². The molecule has 0 saturated carbocycles. The van der Waals surface area contributed by atoms with Gasteiger partial charge in [0, 0.05) is 0 Å². The molecule has 4 aliphatic rings. The fraction of sp³-hybridized carbons (Fsp3) is 0.750. The summed E-state index contributed by atoms with van der Waals surface area (Å²) in [5.41, 5.74) is 10.4. The van der Waals surface area contributed by atoms with Gasteiger partial charge in [-0.25, -0.2) is 0 Å². The van der Waals surface area contributed by atoms with Crippen molar-refractivity contribution >= 4 is 38.5 Å². The van der Waals surface area contributed by atoms with Crippen molar-refractivity contribution in [3.63, 3.8) is 0 Å². The zero-order chi connectivity index (χ0) is 37.4. The smallest absolute Gasteiger partial charge is 0.0613 e. The van der Waals surface area contributed by atoms with E-state index in [0.717, 1.165) is 35.9 Å². The minimum absolute atomic E-state index is 0.575. The van der Waals surface area contributed by atoms with Crippen LogP contribution in [0.2, 0.25) is 23.3 Å². The van der Waals surface area contributed by atoms with Crippen molar-refractivity contribution in [2.45, 2.75) is 232 Å². The Kier molecular flexibility index (Phi) is 13.6. The normalized spacial score (nSPS) is 24.7. The molecule has 4 unspecified atom stereocenters. The molecule has 4 aliphatic heterocycles. The van der Waals surface area contributed by atoms with E-state index in [0.29, 0.717) is 35.5 Å². The fourth-order valence-corrected chi connectivity index (χ4v) is 28.3. The Balaban J connectivity index is 1.89. The van der Waals surface area contributed by atoms with Crippen LogP contribution in [0.5, 0.6) is 0 Å². The van der Waals surface area contributed by atoms with Gasteiger partial charge < -0.3 is 0 Å². The van der Waals surface area contributed by atoms with Gasteiger partial charge in [-0.2, -0.15) is 0 Å². The van der Waals surface area contributed by atoms with Crippen LogP contribution in [-0.4, -0.2) is 28.1 Å². The predicted octanol–water partition coefficient (Wildman–Crippen LogP) is 13.8. The van der Waals surface area contributed by atoms with E-state index in [1.165, 1.54) is 89.9 Å². The molecule has 52 heavy (non-hydrogen) atoms. The molecule has 4 heterocycles. The Morgan fingerprint density at radius 1 is 0.365 bits per heavy atom. The number of fused-ring (bicyclic) bond motifs is 4. The first-order chi connectivity index (χ1) is 24.8. The molecular weight excluding hydrogens is 654 g/mol. The lowest BCUT2D eigenvalue weighted by Gasteiger charge is -2.44. The number of hydrogen-bond donors (Lipinski definition) is 0. The molecule has 0 amide bonds. The lowest BCUT2D eigenvalue weighted by Crippen LogP contribution is -2.62. The molecule has 0 N–H and O–H groups in total. The highest BCUT2D eigenvalue weighted by Crippen LogP contribution is 2.48. The first kappa shape index (κ1) is 40.7. The quantitative estimate of drug-likeness (QED) is 0.213. The summed E-state index contributed by atoms with van der Waals surface area (Å²) in [6, 6.07) is 11.1. The number of hydrogen-bond acceptors (Lipinski definition) is 0. The first-order valence-electron chi connectivity index (χ1n) is 22.9. The van der Waals surface area contributed by atoms with E-state index in [9.17, 15) is 0 Å². The third-order valence-corrected chi connectivity index (χ3v) is 26.2. The van der Waals surface area contributed by atoms with Crippen LogP contribution in [0.25, 0.3) is 0 Å². The second-order valence-electron chi connectivity index (χ2n) is 20.4.